The summed E-state index contributed by atoms with van der Waals surface area (Å²) in [6.07, 6.45) is 3.64. The van der Waals surface area contributed by atoms with Crippen LogP contribution in [0.3, 0.4) is 0 Å². The third-order valence-electron chi connectivity index (χ3n) is 3.66. The molecule has 0 radical (unpaired) electrons. The number of aliphatic hydroxyl groups is 1. The molecule has 1 aromatic carbocycles. The fraction of sp³-hybridized carbons (Fsp3) is 0.571. The van der Waals surface area contributed by atoms with Crippen LogP contribution in [0.15, 0.2) is 30.3 Å². The molecule has 16 heavy (non-hydrogen) atoms. The van der Waals surface area contributed by atoms with Crippen LogP contribution in [0, 0.1) is 0 Å². The molecule has 2 atom stereocenters. The predicted octanol–water partition coefficient (Wildman–Crippen LogP) is 2.59. The van der Waals surface area contributed by atoms with Gasteiger partial charge in [0.15, 0.2) is 0 Å². The lowest BCUT2D eigenvalue weighted by molar-refractivity contribution is 0.0588. The highest BCUT2D eigenvalue weighted by Gasteiger charge is 2.26. The Balaban J connectivity index is 2.10. The van der Waals surface area contributed by atoms with Crippen LogP contribution in [0.1, 0.15) is 37.8 Å². The van der Waals surface area contributed by atoms with Crippen molar-refractivity contribution in [1.29, 1.82) is 0 Å². The van der Waals surface area contributed by atoms with Gasteiger partial charge in [-0.2, -0.15) is 0 Å². The molecule has 2 nitrogen and oxygen atoms in total. The molecule has 1 N–H and O–H groups in total. The van der Waals surface area contributed by atoms with Gasteiger partial charge in [0.05, 0.1) is 6.61 Å². The highest BCUT2D eigenvalue weighted by Crippen LogP contribution is 2.27. The van der Waals surface area contributed by atoms with Crippen molar-refractivity contribution < 1.29 is 5.11 Å². The molecule has 2 rings (SSSR count). The third-order valence-corrected chi connectivity index (χ3v) is 3.66. The lowest BCUT2D eigenvalue weighted by Crippen LogP contribution is -2.43. The van der Waals surface area contributed by atoms with E-state index in [4.69, 9.17) is 0 Å². The number of likely N-dealkylation sites (tertiary alicyclic amines) is 1. The van der Waals surface area contributed by atoms with E-state index >= 15 is 0 Å². The summed E-state index contributed by atoms with van der Waals surface area (Å²) in [6, 6.07) is 11.3. The van der Waals surface area contributed by atoms with Crippen LogP contribution in [0.5, 0.6) is 0 Å². The predicted molar refractivity (Wildman–Crippen MR) is 66.3 cm³/mol. The van der Waals surface area contributed by atoms with Crippen molar-refractivity contribution in [3.63, 3.8) is 0 Å². The standard InChI is InChI=1S/C14H21NO/c1-12(13-7-3-2-4-8-13)15-10-6-5-9-14(15)11-16/h2-4,7-8,12,14,16H,5-6,9-11H2,1H3/t12-,14+/m1/s1. The first-order valence-electron chi connectivity index (χ1n) is 6.24. The van der Waals surface area contributed by atoms with E-state index in [1.807, 2.05) is 0 Å². The van der Waals surface area contributed by atoms with E-state index in [1.165, 1.54) is 18.4 Å². The van der Waals surface area contributed by atoms with E-state index < -0.39 is 0 Å². The van der Waals surface area contributed by atoms with Gasteiger partial charge in [-0.3, -0.25) is 4.90 Å². The van der Waals surface area contributed by atoms with Crippen molar-refractivity contribution in [2.45, 2.75) is 38.3 Å². The Hall–Kier alpha value is -0.860. The molecule has 2 heteroatoms. The SMILES string of the molecule is C[C@H](c1ccccc1)N1CCCC[C@H]1CO. The fourth-order valence-corrected chi connectivity index (χ4v) is 2.65. The zero-order chi connectivity index (χ0) is 11.4. The normalized spacial score (nSPS) is 24.2. The maximum atomic E-state index is 9.42. The molecule has 1 aliphatic heterocycles. The maximum absolute atomic E-state index is 9.42. The highest BCUT2D eigenvalue weighted by molar-refractivity contribution is 5.18. The Morgan fingerprint density at radius 2 is 2.06 bits per heavy atom. The molecule has 0 amide bonds. The largest absolute Gasteiger partial charge is 0.395 e. The Bertz CT molecular complexity index is 312. The van der Waals surface area contributed by atoms with E-state index in [0.29, 0.717) is 12.1 Å². The van der Waals surface area contributed by atoms with E-state index in [2.05, 4.69) is 42.2 Å². The molecule has 1 heterocycles. The zero-order valence-corrected chi connectivity index (χ0v) is 9.97. The fourth-order valence-electron chi connectivity index (χ4n) is 2.65. The molecule has 1 saturated heterocycles. The molecule has 0 aromatic heterocycles. The van der Waals surface area contributed by atoms with Crippen molar-refractivity contribution in [2.24, 2.45) is 0 Å². The van der Waals surface area contributed by atoms with Crippen LogP contribution < -0.4 is 0 Å². The molecule has 0 spiro atoms. The minimum absolute atomic E-state index is 0.289. The van der Waals surface area contributed by atoms with Crippen LogP contribution in [0.4, 0.5) is 0 Å². The van der Waals surface area contributed by atoms with Gasteiger partial charge in [-0.05, 0) is 31.9 Å². The van der Waals surface area contributed by atoms with Crippen molar-refractivity contribution >= 4 is 0 Å². The van der Waals surface area contributed by atoms with Gasteiger partial charge >= 0.3 is 0 Å². The van der Waals surface area contributed by atoms with Gasteiger partial charge in [0.1, 0.15) is 0 Å². The molecule has 1 aromatic rings. The van der Waals surface area contributed by atoms with Gasteiger partial charge in [-0.1, -0.05) is 36.8 Å². The van der Waals surface area contributed by atoms with Gasteiger partial charge in [0.2, 0.25) is 0 Å². The molecular weight excluding hydrogens is 198 g/mol. The molecule has 0 saturated carbocycles. The summed E-state index contributed by atoms with van der Waals surface area (Å²) in [5.41, 5.74) is 1.35. The van der Waals surface area contributed by atoms with Crippen molar-refractivity contribution in [2.75, 3.05) is 13.2 Å². The van der Waals surface area contributed by atoms with Gasteiger partial charge in [0, 0.05) is 12.1 Å². The maximum Gasteiger partial charge on any atom is 0.0587 e. The zero-order valence-electron chi connectivity index (χ0n) is 9.97. The topological polar surface area (TPSA) is 23.5 Å². The molecule has 1 aliphatic rings. The number of hydrogen-bond donors (Lipinski definition) is 1. The monoisotopic (exact) mass is 219 g/mol. The lowest BCUT2D eigenvalue weighted by Gasteiger charge is -2.39. The first-order valence-corrected chi connectivity index (χ1v) is 6.24. The number of rotatable bonds is 3. The number of hydrogen-bond acceptors (Lipinski definition) is 2. The first kappa shape index (κ1) is 11.6. The van der Waals surface area contributed by atoms with Crippen molar-refractivity contribution in [3.8, 4) is 0 Å². The van der Waals surface area contributed by atoms with Crippen LogP contribution in [-0.4, -0.2) is 29.2 Å². The average Bonchev–Trinajstić information content (AvgIpc) is 2.39. The summed E-state index contributed by atoms with van der Waals surface area (Å²) < 4.78 is 0. The quantitative estimate of drug-likeness (QED) is 0.844. The summed E-state index contributed by atoms with van der Waals surface area (Å²) in [6.45, 7) is 3.64. The van der Waals surface area contributed by atoms with Crippen LogP contribution in [-0.2, 0) is 0 Å². The first-order chi connectivity index (χ1) is 7.83. The van der Waals surface area contributed by atoms with E-state index in [1.54, 1.807) is 0 Å². The Morgan fingerprint density at radius 1 is 1.31 bits per heavy atom. The lowest BCUT2D eigenvalue weighted by atomic mass is 9.97. The van der Waals surface area contributed by atoms with Crippen LogP contribution >= 0.6 is 0 Å². The number of nitrogens with zero attached hydrogens (tertiary/aromatic N) is 1. The Kier molecular flexibility index (Phi) is 3.97. The number of aliphatic hydroxyl groups excluding tert-OH is 1. The second kappa shape index (κ2) is 5.46. The molecule has 88 valence electrons. The average molecular weight is 219 g/mol. The molecule has 0 aliphatic carbocycles. The summed E-state index contributed by atoms with van der Waals surface area (Å²) in [5.74, 6) is 0. The van der Waals surface area contributed by atoms with E-state index in [9.17, 15) is 5.11 Å². The number of benzene rings is 1. The van der Waals surface area contributed by atoms with Crippen molar-refractivity contribution in [1.82, 2.24) is 4.90 Å². The Morgan fingerprint density at radius 3 is 2.75 bits per heavy atom. The Labute approximate surface area is 97.9 Å². The van der Waals surface area contributed by atoms with Gasteiger partial charge in [-0.15, -0.1) is 0 Å². The molecule has 0 unspecified atom stereocenters. The molecule has 1 fully saturated rings. The van der Waals surface area contributed by atoms with Gasteiger partial charge < -0.3 is 5.11 Å². The third kappa shape index (κ3) is 2.45. The highest BCUT2D eigenvalue weighted by atomic mass is 16.3. The van der Waals surface area contributed by atoms with E-state index in [0.717, 1.165) is 13.0 Å². The summed E-state index contributed by atoms with van der Waals surface area (Å²) in [4.78, 5) is 2.44. The summed E-state index contributed by atoms with van der Waals surface area (Å²) in [7, 11) is 0. The van der Waals surface area contributed by atoms with Gasteiger partial charge in [-0.25, -0.2) is 0 Å². The van der Waals surface area contributed by atoms with Gasteiger partial charge in [0.25, 0.3) is 0 Å². The second-order valence-electron chi connectivity index (χ2n) is 4.66. The summed E-state index contributed by atoms with van der Waals surface area (Å²) in [5, 5.41) is 9.42. The minimum atomic E-state index is 0.289. The smallest absolute Gasteiger partial charge is 0.0587 e. The number of piperidine rings is 1. The summed E-state index contributed by atoms with van der Waals surface area (Å²) >= 11 is 0. The van der Waals surface area contributed by atoms with Crippen LogP contribution in [0.2, 0.25) is 0 Å². The van der Waals surface area contributed by atoms with E-state index in [-0.39, 0.29) is 6.61 Å². The second-order valence-corrected chi connectivity index (χ2v) is 4.66. The minimum Gasteiger partial charge on any atom is -0.395 e. The molecule has 0 bridgehead atoms. The van der Waals surface area contributed by atoms with Crippen LogP contribution in [0.25, 0.3) is 0 Å². The van der Waals surface area contributed by atoms with Crippen molar-refractivity contribution in [3.05, 3.63) is 35.9 Å². The molecular formula is C14H21NO.